The van der Waals surface area contributed by atoms with E-state index in [9.17, 15) is 0 Å². The van der Waals surface area contributed by atoms with Crippen molar-refractivity contribution in [1.82, 2.24) is 0 Å². The van der Waals surface area contributed by atoms with Gasteiger partial charge >= 0.3 is 0 Å². The van der Waals surface area contributed by atoms with Gasteiger partial charge < -0.3 is 9.47 Å². The van der Waals surface area contributed by atoms with Gasteiger partial charge in [-0.05, 0) is 18.3 Å². The molecule has 0 aromatic carbocycles. The van der Waals surface area contributed by atoms with E-state index in [4.69, 9.17) is 9.47 Å². The van der Waals surface area contributed by atoms with Crippen LogP contribution < -0.4 is 0 Å². The summed E-state index contributed by atoms with van der Waals surface area (Å²) in [4.78, 5) is 0. The standard InChI is InChI=1S/C15H30O2/c1-4-7-8-13(5-2)9-14(6-3)10-16-11-15-12-17-15/h13-15H,4-12H2,1-3H3/t13-,14+,15-/m1/s1. The van der Waals surface area contributed by atoms with E-state index in [1.807, 2.05) is 0 Å². The molecule has 0 bridgehead atoms. The largest absolute Gasteiger partial charge is 0.378 e. The van der Waals surface area contributed by atoms with Gasteiger partial charge in [0.15, 0.2) is 0 Å². The van der Waals surface area contributed by atoms with Gasteiger partial charge in [-0.25, -0.2) is 0 Å². The quantitative estimate of drug-likeness (QED) is 0.510. The summed E-state index contributed by atoms with van der Waals surface area (Å²) in [5.41, 5.74) is 0. The topological polar surface area (TPSA) is 21.8 Å². The molecule has 0 N–H and O–H groups in total. The lowest BCUT2D eigenvalue weighted by atomic mass is 9.88. The number of hydrogen-bond donors (Lipinski definition) is 0. The van der Waals surface area contributed by atoms with Gasteiger partial charge in [0.25, 0.3) is 0 Å². The van der Waals surface area contributed by atoms with Gasteiger partial charge in [0.2, 0.25) is 0 Å². The third-order valence-corrected chi connectivity index (χ3v) is 3.85. The summed E-state index contributed by atoms with van der Waals surface area (Å²) in [6.45, 7) is 9.54. The molecule has 0 radical (unpaired) electrons. The Hall–Kier alpha value is -0.0800. The van der Waals surface area contributed by atoms with Crippen molar-refractivity contribution < 1.29 is 9.47 Å². The molecule has 0 aromatic rings. The van der Waals surface area contributed by atoms with E-state index < -0.39 is 0 Å². The summed E-state index contributed by atoms with van der Waals surface area (Å²) in [5, 5.41) is 0. The first kappa shape index (κ1) is 15.0. The van der Waals surface area contributed by atoms with E-state index in [0.717, 1.165) is 31.7 Å². The lowest BCUT2D eigenvalue weighted by Gasteiger charge is -2.21. The second-order valence-corrected chi connectivity index (χ2v) is 5.42. The van der Waals surface area contributed by atoms with Crippen molar-refractivity contribution >= 4 is 0 Å². The Labute approximate surface area is 107 Å². The first-order valence-corrected chi connectivity index (χ1v) is 7.49. The van der Waals surface area contributed by atoms with Crippen LogP contribution in [0.1, 0.15) is 59.3 Å². The monoisotopic (exact) mass is 242 g/mol. The highest BCUT2D eigenvalue weighted by Crippen LogP contribution is 2.24. The zero-order valence-corrected chi connectivity index (χ0v) is 11.9. The number of rotatable bonds is 11. The summed E-state index contributed by atoms with van der Waals surface area (Å²) in [6.07, 6.45) is 8.42. The van der Waals surface area contributed by atoms with Gasteiger partial charge in [-0.1, -0.05) is 52.9 Å². The van der Waals surface area contributed by atoms with Crippen molar-refractivity contribution in [2.75, 3.05) is 19.8 Å². The minimum Gasteiger partial charge on any atom is -0.378 e. The highest BCUT2D eigenvalue weighted by Gasteiger charge is 2.23. The van der Waals surface area contributed by atoms with Crippen molar-refractivity contribution in [2.45, 2.75) is 65.4 Å². The molecule has 17 heavy (non-hydrogen) atoms. The molecule has 1 heterocycles. The molecule has 102 valence electrons. The molecule has 1 aliphatic heterocycles. The zero-order valence-electron chi connectivity index (χ0n) is 11.9. The van der Waals surface area contributed by atoms with Gasteiger partial charge in [0.1, 0.15) is 6.10 Å². The van der Waals surface area contributed by atoms with Crippen LogP contribution in [0.2, 0.25) is 0 Å². The predicted octanol–water partition coefficient (Wildman–Crippen LogP) is 4.03. The maximum Gasteiger partial charge on any atom is 0.104 e. The molecular formula is C15H30O2. The number of hydrogen-bond acceptors (Lipinski definition) is 2. The summed E-state index contributed by atoms with van der Waals surface area (Å²) in [7, 11) is 0. The third-order valence-electron chi connectivity index (χ3n) is 3.85. The lowest BCUT2D eigenvalue weighted by molar-refractivity contribution is 0.0754. The van der Waals surface area contributed by atoms with Crippen molar-refractivity contribution in [3.8, 4) is 0 Å². The molecule has 1 rings (SSSR count). The van der Waals surface area contributed by atoms with Crippen LogP contribution in [0.25, 0.3) is 0 Å². The molecule has 1 aliphatic rings. The lowest BCUT2D eigenvalue weighted by Crippen LogP contribution is -2.15. The smallest absolute Gasteiger partial charge is 0.104 e. The normalized spacial score (nSPS) is 22.4. The van der Waals surface area contributed by atoms with Crippen molar-refractivity contribution in [3.05, 3.63) is 0 Å². The van der Waals surface area contributed by atoms with E-state index >= 15 is 0 Å². The van der Waals surface area contributed by atoms with Gasteiger partial charge in [0.05, 0.1) is 13.2 Å². The average Bonchev–Trinajstić information content (AvgIpc) is 3.16. The molecule has 2 heteroatoms. The average molecular weight is 242 g/mol. The second kappa shape index (κ2) is 8.93. The van der Waals surface area contributed by atoms with Gasteiger partial charge in [-0.15, -0.1) is 0 Å². The van der Waals surface area contributed by atoms with Crippen LogP contribution in [0.5, 0.6) is 0 Å². The SMILES string of the molecule is CCCC[C@@H](CC)C[C@H](CC)COC[C@@H]1CO1. The molecule has 2 nitrogen and oxygen atoms in total. The molecule has 0 saturated carbocycles. The van der Waals surface area contributed by atoms with E-state index in [1.165, 1.54) is 38.5 Å². The van der Waals surface area contributed by atoms with E-state index in [2.05, 4.69) is 20.8 Å². The third kappa shape index (κ3) is 7.05. The van der Waals surface area contributed by atoms with Gasteiger partial charge in [-0.3, -0.25) is 0 Å². The van der Waals surface area contributed by atoms with Crippen LogP contribution in [0, 0.1) is 11.8 Å². The molecule has 0 aromatic heterocycles. The minimum absolute atomic E-state index is 0.412. The van der Waals surface area contributed by atoms with Gasteiger partial charge in [0, 0.05) is 6.61 Å². The summed E-state index contributed by atoms with van der Waals surface area (Å²) in [5.74, 6) is 1.65. The maximum atomic E-state index is 5.74. The van der Waals surface area contributed by atoms with E-state index in [1.54, 1.807) is 0 Å². The van der Waals surface area contributed by atoms with Gasteiger partial charge in [-0.2, -0.15) is 0 Å². The fourth-order valence-electron chi connectivity index (χ4n) is 2.34. The molecule has 1 saturated heterocycles. The Balaban J connectivity index is 2.12. The van der Waals surface area contributed by atoms with Crippen LogP contribution in [-0.4, -0.2) is 25.9 Å². The minimum atomic E-state index is 0.412. The first-order chi connectivity index (χ1) is 8.30. The van der Waals surface area contributed by atoms with Crippen LogP contribution >= 0.6 is 0 Å². The Kier molecular flexibility index (Phi) is 7.87. The first-order valence-electron chi connectivity index (χ1n) is 7.49. The summed E-state index contributed by atoms with van der Waals surface area (Å²) >= 11 is 0. The Morgan fingerprint density at radius 1 is 1.18 bits per heavy atom. The van der Waals surface area contributed by atoms with Crippen LogP contribution in [0.15, 0.2) is 0 Å². The number of epoxide rings is 1. The van der Waals surface area contributed by atoms with Crippen LogP contribution in [0.4, 0.5) is 0 Å². The van der Waals surface area contributed by atoms with Crippen molar-refractivity contribution in [2.24, 2.45) is 11.8 Å². The highest BCUT2D eigenvalue weighted by molar-refractivity contribution is 4.69. The molecule has 0 unspecified atom stereocenters. The Morgan fingerprint density at radius 3 is 2.41 bits per heavy atom. The van der Waals surface area contributed by atoms with Crippen LogP contribution in [-0.2, 0) is 9.47 Å². The number of unbranched alkanes of at least 4 members (excludes halogenated alkanes) is 1. The van der Waals surface area contributed by atoms with E-state index in [0.29, 0.717) is 6.10 Å². The fraction of sp³-hybridized carbons (Fsp3) is 1.00. The zero-order chi connectivity index (χ0) is 12.5. The molecule has 3 atom stereocenters. The van der Waals surface area contributed by atoms with Crippen molar-refractivity contribution in [1.29, 1.82) is 0 Å². The molecule has 0 amide bonds. The Morgan fingerprint density at radius 2 is 1.88 bits per heavy atom. The predicted molar refractivity (Wildman–Crippen MR) is 72.3 cm³/mol. The second-order valence-electron chi connectivity index (χ2n) is 5.42. The molecule has 0 spiro atoms. The maximum absolute atomic E-state index is 5.74. The Bertz CT molecular complexity index is 178. The molecule has 0 aliphatic carbocycles. The highest BCUT2D eigenvalue weighted by atomic mass is 16.6. The molecule has 1 fully saturated rings. The fourth-order valence-corrected chi connectivity index (χ4v) is 2.34. The van der Waals surface area contributed by atoms with Crippen LogP contribution in [0.3, 0.4) is 0 Å². The molecular weight excluding hydrogens is 212 g/mol. The summed E-state index contributed by atoms with van der Waals surface area (Å²) < 4.78 is 10.9. The van der Waals surface area contributed by atoms with Crippen molar-refractivity contribution in [3.63, 3.8) is 0 Å². The number of ether oxygens (including phenoxy) is 2. The van der Waals surface area contributed by atoms with E-state index in [-0.39, 0.29) is 0 Å². The summed E-state index contributed by atoms with van der Waals surface area (Å²) in [6, 6.07) is 0.